The molecular weight excluding hydrogens is 288 g/mol. The first-order valence-corrected chi connectivity index (χ1v) is 6.64. The highest BCUT2D eigenvalue weighted by Crippen LogP contribution is 2.12. The normalized spacial score (nSPS) is 11.1. The number of rotatable bonds is 3. The highest BCUT2D eigenvalue weighted by Gasteiger charge is 2.01. The summed E-state index contributed by atoms with van der Waals surface area (Å²) in [6, 6.07) is 14.4. The lowest BCUT2D eigenvalue weighted by molar-refractivity contribution is 1.12. The molecule has 0 radical (unpaired) electrons. The molecule has 0 saturated carbocycles. The minimum Gasteiger partial charge on any atom is -0.291 e. The summed E-state index contributed by atoms with van der Waals surface area (Å²) in [6.07, 6.45) is 1.57. The summed E-state index contributed by atoms with van der Waals surface area (Å²) in [5.74, 6) is 0.280. The van der Waals surface area contributed by atoms with Gasteiger partial charge in [0.2, 0.25) is 5.95 Å². The first kappa shape index (κ1) is 13.3. The fourth-order valence-corrected chi connectivity index (χ4v) is 2.07. The van der Waals surface area contributed by atoms with Crippen LogP contribution < -0.4 is 11.0 Å². The number of halogens is 1. The smallest absolute Gasteiger partial charge is 0.260 e. The van der Waals surface area contributed by atoms with Gasteiger partial charge in [-0.2, -0.15) is 5.10 Å². The van der Waals surface area contributed by atoms with Crippen LogP contribution in [0, 0.1) is 0 Å². The van der Waals surface area contributed by atoms with Crippen LogP contribution in [0.15, 0.2) is 58.4 Å². The summed E-state index contributed by atoms with van der Waals surface area (Å²) < 4.78 is 0. The number of hydrogen-bond donors (Lipinski definition) is 2. The molecule has 0 spiro atoms. The van der Waals surface area contributed by atoms with Crippen molar-refractivity contribution in [3.63, 3.8) is 0 Å². The lowest BCUT2D eigenvalue weighted by atomic mass is 10.2. The molecule has 0 fully saturated rings. The molecule has 0 aliphatic rings. The number of fused-ring (bicyclic) bond motifs is 1. The van der Waals surface area contributed by atoms with Gasteiger partial charge in [0.25, 0.3) is 5.56 Å². The monoisotopic (exact) mass is 298 g/mol. The number of aromatic amines is 1. The zero-order chi connectivity index (χ0) is 14.7. The van der Waals surface area contributed by atoms with Gasteiger partial charge in [0, 0.05) is 10.6 Å². The Bertz CT molecular complexity index is 873. The van der Waals surface area contributed by atoms with Crippen LogP contribution in [0.4, 0.5) is 5.95 Å². The summed E-state index contributed by atoms with van der Waals surface area (Å²) in [6.45, 7) is 0. The van der Waals surface area contributed by atoms with Crippen molar-refractivity contribution in [1.82, 2.24) is 9.97 Å². The summed E-state index contributed by atoms with van der Waals surface area (Å²) in [7, 11) is 0. The van der Waals surface area contributed by atoms with E-state index in [4.69, 9.17) is 11.6 Å². The van der Waals surface area contributed by atoms with Gasteiger partial charge in [-0.15, -0.1) is 0 Å². The van der Waals surface area contributed by atoms with Gasteiger partial charge in [0.1, 0.15) is 0 Å². The Morgan fingerprint density at radius 3 is 2.76 bits per heavy atom. The zero-order valence-electron chi connectivity index (χ0n) is 10.9. The van der Waals surface area contributed by atoms with E-state index in [-0.39, 0.29) is 11.5 Å². The topological polar surface area (TPSA) is 70.1 Å². The molecule has 2 aromatic carbocycles. The number of hydrazone groups is 1. The van der Waals surface area contributed by atoms with Gasteiger partial charge in [-0.3, -0.25) is 9.78 Å². The van der Waals surface area contributed by atoms with Gasteiger partial charge in [-0.05, 0) is 18.2 Å². The molecule has 5 nitrogen and oxygen atoms in total. The van der Waals surface area contributed by atoms with Crippen molar-refractivity contribution in [3.05, 3.63) is 69.5 Å². The van der Waals surface area contributed by atoms with Crippen LogP contribution in [0.3, 0.4) is 0 Å². The van der Waals surface area contributed by atoms with Gasteiger partial charge in [-0.1, -0.05) is 41.9 Å². The Hall–Kier alpha value is -2.66. The van der Waals surface area contributed by atoms with Crippen LogP contribution in [-0.2, 0) is 0 Å². The lowest BCUT2D eigenvalue weighted by Gasteiger charge is -2.01. The van der Waals surface area contributed by atoms with E-state index in [1.807, 2.05) is 24.3 Å². The van der Waals surface area contributed by atoms with Crippen LogP contribution in [0.2, 0.25) is 5.02 Å². The van der Waals surface area contributed by atoms with Crippen molar-refractivity contribution in [3.8, 4) is 0 Å². The van der Waals surface area contributed by atoms with Gasteiger partial charge in [0.05, 0.1) is 17.1 Å². The van der Waals surface area contributed by atoms with E-state index >= 15 is 0 Å². The van der Waals surface area contributed by atoms with E-state index in [9.17, 15) is 4.79 Å². The Morgan fingerprint density at radius 1 is 1.14 bits per heavy atom. The quantitative estimate of drug-likeness (QED) is 0.577. The summed E-state index contributed by atoms with van der Waals surface area (Å²) in [5, 5.41) is 5.17. The fourth-order valence-electron chi connectivity index (χ4n) is 1.88. The van der Waals surface area contributed by atoms with Crippen molar-refractivity contribution in [2.75, 3.05) is 5.43 Å². The maximum absolute atomic E-state index is 11.9. The second kappa shape index (κ2) is 5.76. The molecule has 6 heteroatoms. The number of nitrogens with zero attached hydrogens (tertiary/aromatic N) is 2. The number of H-pyrrole nitrogens is 1. The molecule has 0 saturated heterocycles. The molecule has 1 aromatic heterocycles. The molecular formula is C15H11ClN4O. The molecule has 0 unspecified atom stereocenters. The second-order valence-corrected chi connectivity index (χ2v) is 4.73. The van der Waals surface area contributed by atoms with Crippen LogP contribution in [0.25, 0.3) is 10.9 Å². The molecule has 0 bridgehead atoms. The van der Waals surface area contributed by atoms with Crippen molar-refractivity contribution in [2.45, 2.75) is 0 Å². The summed E-state index contributed by atoms with van der Waals surface area (Å²) in [4.78, 5) is 18.8. The number of hydrogen-bond acceptors (Lipinski definition) is 4. The van der Waals surface area contributed by atoms with E-state index in [0.29, 0.717) is 15.9 Å². The largest absolute Gasteiger partial charge is 0.291 e. The van der Waals surface area contributed by atoms with Crippen molar-refractivity contribution in [2.24, 2.45) is 5.10 Å². The Morgan fingerprint density at radius 2 is 1.90 bits per heavy atom. The minimum atomic E-state index is -0.212. The molecule has 0 amide bonds. The molecule has 1 heterocycles. The maximum atomic E-state index is 11.9. The van der Waals surface area contributed by atoms with Gasteiger partial charge >= 0.3 is 0 Å². The summed E-state index contributed by atoms with van der Waals surface area (Å²) >= 11 is 6.02. The predicted octanol–water partition coefficient (Wildman–Crippen LogP) is 3.02. The average Bonchev–Trinajstić information content (AvgIpc) is 2.49. The van der Waals surface area contributed by atoms with Gasteiger partial charge < -0.3 is 0 Å². The van der Waals surface area contributed by atoms with Crippen LogP contribution in [0.5, 0.6) is 0 Å². The molecule has 0 aliphatic heterocycles. The number of aromatic nitrogens is 2. The van der Waals surface area contributed by atoms with Crippen LogP contribution >= 0.6 is 11.6 Å². The van der Waals surface area contributed by atoms with E-state index in [0.717, 1.165) is 5.56 Å². The van der Waals surface area contributed by atoms with Crippen LogP contribution in [0.1, 0.15) is 5.56 Å². The zero-order valence-corrected chi connectivity index (χ0v) is 11.6. The first-order chi connectivity index (χ1) is 10.2. The second-order valence-electron chi connectivity index (χ2n) is 4.32. The van der Waals surface area contributed by atoms with E-state index < -0.39 is 0 Å². The fraction of sp³-hybridized carbons (Fsp3) is 0. The minimum absolute atomic E-state index is 0.212. The third kappa shape index (κ3) is 2.93. The predicted molar refractivity (Wildman–Crippen MR) is 85.0 cm³/mol. The Labute approximate surface area is 125 Å². The SMILES string of the molecule is O=c1[nH]c(N/N=C/c2ccccc2Cl)nc2ccccc12. The standard InChI is InChI=1S/C15H11ClN4O/c16-12-7-3-1-5-10(12)9-17-20-15-18-13-8-4-2-6-11(13)14(21)19-15/h1-9H,(H2,18,19,20,21)/b17-9+. The molecule has 21 heavy (non-hydrogen) atoms. The average molecular weight is 299 g/mol. The van der Waals surface area contributed by atoms with Crippen molar-refractivity contribution in [1.29, 1.82) is 0 Å². The third-order valence-electron chi connectivity index (χ3n) is 2.89. The third-order valence-corrected chi connectivity index (χ3v) is 3.24. The molecule has 0 atom stereocenters. The van der Waals surface area contributed by atoms with Crippen LogP contribution in [-0.4, -0.2) is 16.2 Å². The molecule has 104 valence electrons. The number of benzene rings is 2. The van der Waals surface area contributed by atoms with E-state index in [2.05, 4.69) is 20.5 Å². The number of nitrogens with one attached hydrogen (secondary N) is 2. The molecule has 3 rings (SSSR count). The Balaban J connectivity index is 1.86. The molecule has 3 aromatic rings. The highest BCUT2D eigenvalue weighted by molar-refractivity contribution is 6.33. The lowest BCUT2D eigenvalue weighted by Crippen LogP contribution is -2.10. The molecule has 0 aliphatic carbocycles. The van der Waals surface area contributed by atoms with Crippen molar-refractivity contribution < 1.29 is 0 Å². The number of anilines is 1. The first-order valence-electron chi connectivity index (χ1n) is 6.27. The maximum Gasteiger partial charge on any atom is 0.260 e. The number of para-hydroxylation sites is 1. The van der Waals surface area contributed by atoms with Gasteiger partial charge in [-0.25, -0.2) is 10.4 Å². The van der Waals surface area contributed by atoms with Gasteiger partial charge in [0.15, 0.2) is 0 Å². The summed E-state index contributed by atoms with van der Waals surface area (Å²) in [5.41, 5.74) is 3.87. The van der Waals surface area contributed by atoms with Crippen molar-refractivity contribution >= 4 is 34.7 Å². The molecule has 2 N–H and O–H groups in total. The van der Waals surface area contributed by atoms with E-state index in [1.54, 1.807) is 30.5 Å². The van der Waals surface area contributed by atoms with E-state index in [1.165, 1.54) is 0 Å². The highest BCUT2D eigenvalue weighted by atomic mass is 35.5. The Kier molecular flexibility index (Phi) is 3.66.